The molecule has 0 atom stereocenters. The van der Waals surface area contributed by atoms with Crippen molar-refractivity contribution >= 4 is 38.4 Å². The van der Waals surface area contributed by atoms with E-state index in [0.717, 1.165) is 12.8 Å². The molecule has 144 valence electrons. The number of Topliss-reactive ketones (excluding diaryl/α,β-unsaturated/α-hetero) is 2. The molecule has 0 amide bonds. The minimum absolute atomic E-state index is 0.00146. The third kappa shape index (κ3) is 3.09. The zero-order valence-electron chi connectivity index (χ0n) is 15.0. The number of imidazole rings is 1. The number of fused-ring (bicyclic) bond motifs is 1. The van der Waals surface area contributed by atoms with Crippen LogP contribution < -0.4 is 5.73 Å². The van der Waals surface area contributed by atoms with Crippen molar-refractivity contribution in [1.82, 2.24) is 9.97 Å². The van der Waals surface area contributed by atoms with Gasteiger partial charge in [-0.25, -0.2) is 13.4 Å². The number of benzene rings is 2. The molecular formula is C20H19N3O4S. The quantitative estimate of drug-likeness (QED) is 0.504. The summed E-state index contributed by atoms with van der Waals surface area (Å²) in [7, 11) is -3.70. The number of anilines is 1. The van der Waals surface area contributed by atoms with E-state index in [1.54, 1.807) is 30.3 Å². The zero-order valence-corrected chi connectivity index (χ0v) is 15.8. The molecule has 1 aliphatic carbocycles. The molecule has 1 saturated carbocycles. The largest absolute Gasteiger partial charge is 0.369 e. The lowest BCUT2D eigenvalue weighted by Crippen LogP contribution is -2.20. The molecule has 0 radical (unpaired) electrons. The highest BCUT2D eigenvalue weighted by Gasteiger charge is 2.33. The van der Waals surface area contributed by atoms with E-state index in [1.807, 2.05) is 0 Å². The molecular weight excluding hydrogens is 378 g/mol. The monoisotopic (exact) mass is 397 g/mol. The molecule has 0 spiro atoms. The summed E-state index contributed by atoms with van der Waals surface area (Å²) in [5.41, 5.74) is 6.49. The Bertz CT molecular complexity index is 1180. The average Bonchev–Trinajstić information content (AvgIpc) is 3.35. The van der Waals surface area contributed by atoms with Crippen molar-refractivity contribution in [3.8, 4) is 0 Å². The molecule has 0 bridgehead atoms. The number of nitrogens with one attached hydrogen (secondary N) is 1. The summed E-state index contributed by atoms with van der Waals surface area (Å²) < 4.78 is 26.4. The van der Waals surface area contributed by atoms with Crippen molar-refractivity contribution in [3.05, 3.63) is 53.6 Å². The molecule has 0 aliphatic heterocycles. The van der Waals surface area contributed by atoms with E-state index >= 15 is 0 Å². The van der Waals surface area contributed by atoms with Crippen LogP contribution in [0.3, 0.4) is 0 Å². The van der Waals surface area contributed by atoms with Gasteiger partial charge in [-0.1, -0.05) is 43.2 Å². The third-order valence-electron chi connectivity index (χ3n) is 5.12. The minimum atomic E-state index is -3.70. The summed E-state index contributed by atoms with van der Waals surface area (Å²) in [5.74, 6) is -1.42. The Morgan fingerprint density at radius 3 is 2.32 bits per heavy atom. The molecule has 3 aromatic rings. The van der Waals surface area contributed by atoms with Crippen LogP contribution >= 0.6 is 0 Å². The molecule has 3 N–H and O–H groups in total. The number of nitrogens with zero attached hydrogens (tertiary/aromatic N) is 1. The fourth-order valence-electron chi connectivity index (χ4n) is 3.68. The molecule has 1 aromatic heterocycles. The van der Waals surface area contributed by atoms with Crippen LogP contribution in [0.2, 0.25) is 0 Å². The molecule has 4 rings (SSSR count). The second-order valence-electron chi connectivity index (χ2n) is 6.97. The van der Waals surface area contributed by atoms with Crippen molar-refractivity contribution in [3.63, 3.8) is 0 Å². The Kier molecular flexibility index (Phi) is 4.50. The Morgan fingerprint density at radius 2 is 1.64 bits per heavy atom. The normalized spacial score (nSPS) is 15.1. The predicted octanol–water partition coefficient (Wildman–Crippen LogP) is 2.93. The first kappa shape index (κ1) is 18.4. The highest BCUT2D eigenvalue weighted by molar-refractivity contribution is 7.92. The summed E-state index contributed by atoms with van der Waals surface area (Å²) in [6.07, 6.45) is 2.84. The van der Waals surface area contributed by atoms with Gasteiger partial charge in [-0.2, -0.15) is 0 Å². The van der Waals surface area contributed by atoms with E-state index in [0.29, 0.717) is 18.4 Å². The molecule has 1 fully saturated rings. The number of sulfone groups is 1. The number of nitrogen functional groups attached to an aromatic ring is 1. The number of aromatic amines is 1. The Balaban J connectivity index is 1.84. The number of carbonyl (C=O) groups excluding carboxylic acids is 2. The number of hydrogen-bond donors (Lipinski definition) is 2. The molecule has 28 heavy (non-hydrogen) atoms. The predicted molar refractivity (Wildman–Crippen MR) is 105 cm³/mol. The summed E-state index contributed by atoms with van der Waals surface area (Å²) in [6.45, 7) is 0. The molecule has 0 unspecified atom stereocenters. The van der Waals surface area contributed by atoms with E-state index in [1.165, 1.54) is 12.1 Å². The van der Waals surface area contributed by atoms with E-state index < -0.39 is 26.7 Å². The van der Waals surface area contributed by atoms with Crippen molar-refractivity contribution < 1.29 is 18.0 Å². The van der Waals surface area contributed by atoms with Crippen LogP contribution in [0.4, 0.5) is 5.95 Å². The second-order valence-corrected chi connectivity index (χ2v) is 9.16. The summed E-state index contributed by atoms with van der Waals surface area (Å²) in [6, 6.07) is 10.8. The maximum Gasteiger partial charge on any atom is 0.233 e. The van der Waals surface area contributed by atoms with Crippen LogP contribution in [0.5, 0.6) is 0 Å². The van der Waals surface area contributed by atoms with E-state index in [2.05, 4.69) is 9.97 Å². The molecule has 2 aromatic carbocycles. The summed E-state index contributed by atoms with van der Waals surface area (Å²) >= 11 is 0. The summed E-state index contributed by atoms with van der Waals surface area (Å²) in [5, 5.41) is -0.510. The molecule has 7 nitrogen and oxygen atoms in total. The fraction of sp³-hybridized carbons (Fsp3) is 0.250. The van der Waals surface area contributed by atoms with Gasteiger partial charge in [0.1, 0.15) is 5.52 Å². The van der Waals surface area contributed by atoms with Crippen LogP contribution in [-0.4, -0.2) is 35.2 Å². The van der Waals surface area contributed by atoms with Gasteiger partial charge in [0, 0.05) is 11.1 Å². The number of rotatable bonds is 5. The number of carbonyl (C=O) groups is 2. The lowest BCUT2D eigenvalue weighted by atomic mass is 10.0. The highest BCUT2D eigenvalue weighted by Crippen LogP contribution is 2.34. The molecule has 8 heteroatoms. The number of ketones is 2. The Morgan fingerprint density at radius 1 is 1.00 bits per heavy atom. The van der Waals surface area contributed by atoms with Gasteiger partial charge in [0.2, 0.25) is 11.6 Å². The van der Waals surface area contributed by atoms with Crippen LogP contribution in [0.1, 0.15) is 46.4 Å². The van der Waals surface area contributed by atoms with Crippen LogP contribution in [0, 0.1) is 0 Å². The van der Waals surface area contributed by atoms with Gasteiger partial charge in [-0.15, -0.1) is 0 Å². The van der Waals surface area contributed by atoms with Crippen molar-refractivity contribution in [2.45, 2.75) is 35.8 Å². The highest BCUT2D eigenvalue weighted by atomic mass is 32.2. The van der Waals surface area contributed by atoms with Gasteiger partial charge in [0.25, 0.3) is 0 Å². The molecule has 0 saturated heterocycles. The van der Waals surface area contributed by atoms with Gasteiger partial charge >= 0.3 is 0 Å². The van der Waals surface area contributed by atoms with Gasteiger partial charge < -0.3 is 10.7 Å². The maximum absolute atomic E-state index is 13.2. The van der Waals surface area contributed by atoms with Crippen LogP contribution in [-0.2, 0) is 9.84 Å². The SMILES string of the molecule is Nc1nc2c(S(=O)(=O)C3CCCC3)cc(C(=O)C(=O)c3ccccc3)cc2[nH]1. The van der Waals surface area contributed by atoms with Crippen LogP contribution in [0.15, 0.2) is 47.4 Å². The van der Waals surface area contributed by atoms with E-state index in [-0.39, 0.29) is 27.5 Å². The first-order valence-electron chi connectivity index (χ1n) is 9.05. The van der Waals surface area contributed by atoms with Gasteiger partial charge in [-0.05, 0) is 25.0 Å². The maximum atomic E-state index is 13.2. The third-order valence-corrected chi connectivity index (χ3v) is 7.40. The topological polar surface area (TPSA) is 123 Å². The smallest absolute Gasteiger partial charge is 0.233 e. The lowest BCUT2D eigenvalue weighted by molar-refractivity contribution is 0.0817. The first-order valence-corrected chi connectivity index (χ1v) is 10.6. The lowest BCUT2D eigenvalue weighted by Gasteiger charge is -2.13. The number of hydrogen-bond acceptors (Lipinski definition) is 6. The van der Waals surface area contributed by atoms with E-state index in [9.17, 15) is 18.0 Å². The fourth-order valence-corrected chi connectivity index (χ4v) is 5.71. The minimum Gasteiger partial charge on any atom is -0.369 e. The van der Waals surface area contributed by atoms with Crippen molar-refractivity contribution in [2.75, 3.05) is 5.73 Å². The van der Waals surface area contributed by atoms with Gasteiger partial charge in [-0.3, -0.25) is 9.59 Å². The Labute approximate surface area is 161 Å². The summed E-state index contributed by atoms with van der Waals surface area (Å²) in [4.78, 5) is 32.2. The van der Waals surface area contributed by atoms with Gasteiger partial charge in [0.15, 0.2) is 15.8 Å². The Hall–Kier alpha value is -3.00. The molecule has 1 aliphatic rings. The van der Waals surface area contributed by atoms with Gasteiger partial charge in [0.05, 0.1) is 15.7 Å². The zero-order chi connectivity index (χ0) is 19.9. The van der Waals surface area contributed by atoms with Crippen molar-refractivity contribution in [1.29, 1.82) is 0 Å². The first-order chi connectivity index (χ1) is 13.4. The average molecular weight is 397 g/mol. The van der Waals surface area contributed by atoms with Crippen LogP contribution in [0.25, 0.3) is 11.0 Å². The number of H-pyrrole nitrogens is 1. The van der Waals surface area contributed by atoms with E-state index in [4.69, 9.17) is 5.73 Å². The molecule has 1 heterocycles. The number of nitrogens with two attached hydrogens (primary N) is 1. The second kappa shape index (κ2) is 6.87. The standard InChI is InChI=1S/C20H19N3O4S/c21-20-22-15-10-13(19(25)18(24)12-6-2-1-3-7-12)11-16(17(15)23-20)28(26,27)14-8-4-5-9-14/h1-3,6-7,10-11,14H,4-5,8-9H2,(H3,21,22,23). The number of aromatic nitrogens is 2. The van der Waals surface area contributed by atoms with Crippen molar-refractivity contribution in [2.24, 2.45) is 0 Å².